The van der Waals surface area contributed by atoms with Crippen LogP contribution >= 0.6 is 0 Å². The van der Waals surface area contributed by atoms with Crippen LogP contribution in [0, 0.1) is 5.92 Å². The Morgan fingerprint density at radius 2 is 2.32 bits per heavy atom. The summed E-state index contributed by atoms with van der Waals surface area (Å²) in [5, 5.41) is 19.2. The molecule has 2 atom stereocenters. The van der Waals surface area contributed by atoms with Gasteiger partial charge in [-0.2, -0.15) is 0 Å². The van der Waals surface area contributed by atoms with Crippen LogP contribution in [0.4, 0.5) is 5.82 Å². The summed E-state index contributed by atoms with van der Waals surface area (Å²) < 4.78 is 1.47. The number of fused-ring (bicyclic) bond motifs is 1. The summed E-state index contributed by atoms with van der Waals surface area (Å²) in [6.45, 7) is 2.25. The first-order chi connectivity index (χ1) is 9.36. The Labute approximate surface area is 112 Å². The molecule has 1 aliphatic carbocycles. The van der Waals surface area contributed by atoms with Gasteiger partial charge in [0.15, 0.2) is 5.65 Å². The summed E-state index contributed by atoms with van der Waals surface area (Å²) in [4.78, 5) is 0. The molecular weight excluding hydrogens is 240 g/mol. The van der Waals surface area contributed by atoms with E-state index in [1.54, 1.807) is 0 Å². The van der Waals surface area contributed by atoms with Crippen LogP contribution in [-0.2, 0) is 0 Å². The highest BCUT2D eigenvalue weighted by molar-refractivity contribution is 5.42. The Morgan fingerprint density at radius 1 is 1.37 bits per heavy atom. The largest absolute Gasteiger partial charge is 0.366 e. The number of unbranched alkanes of at least 4 members (excludes halogenated alkanes) is 1. The molecule has 2 aromatic rings. The Kier molecular flexibility index (Phi) is 3.57. The van der Waals surface area contributed by atoms with Crippen molar-refractivity contribution < 1.29 is 0 Å². The van der Waals surface area contributed by atoms with Gasteiger partial charge in [0.05, 0.1) is 0 Å². The first-order valence-electron chi connectivity index (χ1n) is 7.19. The lowest BCUT2D eigenvalue weighted by Gasteiger charge is -2.21. The Morgan fingerprint density at radius 3 is 3.21 bits per heavy atom. The van der Waals surface area contributed by atoms with Crippen LogP contribution in [0.3, 0.4) is 0 Å². The highest BCUT2D eigenvalue weighted by Gasteiger charge is 2.26. The van der Waals surface area contributed by atoms with Gasteiger partial charge >= 0.3 is 0 Å². The van der Waals surface area contributed by atoms with Crippen molar-refractivity contribution in [2.45, 2.75) is 51.5 Å². The van der Waals surface area contributed by atoms with Gasteiger partial charge in [0.2, 0.25) is 0 Å². The highest BCUT2D eigenvalue weighted by Crippen LogP contribution is 2.31. The van der Waals surface area contributed by atoms with E-state index in [4.69, 9.17) is 0 Å². The number of tetrazole rings is 1. The van der Waals surface area contributed by atoms with Gasteiger partial charge in [-0.1, -0.05) is 26.2 Å². The van der Waals surface area contributed by atoms with Crippen LogP contribution in [0.2, 0.25) is 0 Å². The number of rotatable bonds is 5. The van der Waals surface area contributed by atoms with Crippen molar-refractivity contribution in [3.63, 3.8) is 0 Å². The van der Waals surface area contributed by atoms with Crippen molar-refractivity contribution >= 4 is 11.5 Å². The molecule has 1 fully saturated rings. The molecule has 6 heteroatoms. The number of nitrogens with zero attached hydrogens (tertiary/aromatic N) is 5. The summed E-state index contributed by atoms with van der Waals surface area (Å²) in [7, 11) is 0. The van der Waals surface area contributed by atoms with Gasteiger partial charge in [0.25, 0.3) is 0 Å². The molecule has 1 N–H and O–H groups in total. The molecule has 2 aromatic heterocycles. The maximum absolute atomic E-state index is 4.38. The lowest BCUT2D eigenvalue weighted by Crippen LogP contribution is -2.24. The van der Waals surface area contributed by atoms with Gasteiger partial charge in [-0.15, -0.1) is 14.8 Å². The third-order valence-corrected chi connectivity index (χ3v) is 3.99. The zero-order valence-electron chi connectivity index (χ0n) is 11.3. The van der Waals surface area contributed by atoms with Gasteiger partial charge in [-0.3, -0.25) is 0 Å². The molecule has 3 rings (SSSR count). The minimum absolute atomic E-state index is 0.549. The van der Waals surface area contributed by atoms with Crippen LogP contribution in [0.15, 0.2) is 12.1 Å². The molecule has 0 aliphatic heterocycles. The quantitative estimate of drug-likeness (QED) is 0.893. The van der Waals surface area contributed by atoms with Gasteiger partial charge in [0, 0.05) is 6.04 Å². The van der Waals surface area contributed by atoms with E-state index in [2.05, 4.69) is 32.9 Å². The third-order valence-electron chi connectivity index (χ3n) is 3.99. The summed E-state index contributed by atoms with van der Waals surface area (Å²) in [5.74, 6) is 1.65. The molecule has 0 aromatic carbocycles. The fraction of sp³-hybridized carbons (Fsp3) is 0.692. The number of hydrogen-bond acceptors (Lipinski definition) is 5. The van der Waals surface area contributed by atoms with Crippen molar-refractivity contribution in [1.82, 2.24) is 25.3 Å². The monoisotopic (exact) mass is 260 g/mol. The van der Waals surface area contributed by atoms with Crippen molar-refractivity contribution in [2.24, 2.45) is 5.92 Å². The van der Waals surface area contributed by atoms with Crippen LogP contribution < -0.4 is 5.32 Å². The van der Waals surface area contributed by atoms with Crippen molar-refractivity contribution in [1.29, 1.82) is 0 Å². The SMILES string of the molecule is CCCC[C@H]1CCC[C@@H]1Nc1ccc2nnnn2n1. The van der Waals surface area contributed by atoms with Crippen molar-refractivity contribution in [3.8, 4) is 0 Å². The predicted octanol–water partition coefficient (Wildman–Crippen LogP) is 2.29. The zero-order chi connectivity index (χ0) is 13.1. The number of hydrogen-bond donors (Lipinski definition) is 1. The maximum atomic E-state index is 4.38. The molecular formula is C13H20N6. The standard InChI is InChI=1S/C13H20N6/c1-2-3-5-10-6-4-7-11(10)14-12-8-9-13-15-17-18-19(13)16-12/h8-11H,2-7H2,1H3,(H,14,16)/t10-,11-/m0/s1. The molecule has 6 nitrogen and oxygen atoms in total. The van der Waals surface area contributed by atoms with E-state index in [-0.39, 0.29) is 0 Å². The molecule has 0 amide bonds. The van der Waals surface area contributed by atoms with Crippen LogP contribution in [0.1, 0.15) is 45.4 Å². The summed E-state index contributed by atoms with van der Waals surface area (Å²) in [6, 6.07) is 4.40. The van der Waals surface area contributed by atoms with Gasteiger partial charge in [-0.25, -0.2) is 0 Å². The number of aromatic nitrogens is 5. The molecule has 1 aliphatic rings. The van der Waals surface area contributed by atoms with E-state index in [1.807, 2.05) is 12.1 Å². The van der Waals surface area contributed by atoms with Gasteiger partial charge < -0.3 is 5.32 Å². The Balaban J connectivity index is 1.69. The second-order valence-corrected chi connectivity index (χ2v) is 5.33. The first-order valence-corrected chi connectivity index (χ1v) is 7.19. The van der Waals surface area contributed by atoms with E-state index >= 15 is 0 Å². The molecule has 102 valence electrons. The minimum Gasteiger partial charge on any atom is -0.366 e. The predicted molar refractivity (Wildman–Crippen MR) is 72.9 cm³/mol. The normalized spacial score (nSPS) is 23.0. The zero-order valence-corrected chi connectivity index (χ0v) is 11.3. The lowest BCUT2D eigenvalue weighted by atomic mass is 9.97. The van der Waals surface area contributed by atoms with Crippen LogP contribution in [0.25, 0.3) is 5.65 Å². The van der Waals surface area contributed by atoms with Gasteiger partial charge in [-0.05, 0) is 47.7 Å². The second kappa shape index (κ2) is 5.50. The smallest absolute Gasteiger partial charge is 0.200 e. The Hall–Kier alpha value is -1.72. The van der Waals surface area contributed by atoms with E-state index in [0.29, 0.717) is 11.7 Å². The number of anilines is 1. The summed E-state index contributed by atoms with van der Waals surface area (Å²) in [6.07, 6.45) is 7.81. The highest BCUT2D eigenvalue weighted by atomic mass is 15.6. The molecule has 0 spiro atoms. The van der Waals surface area contributed by atoms with Crippen LogP contribution in [-0.4, -0.2) is 31.3 Å². The van der Waals surface area contributed by atoms with Gasteiger partial charge in [0.1, 0.15) is 5.82 Å². The van der Waals surface area contributed by atoms with Crippen molar-refractivity contribution in [3.05, 3.63) is 12.1 Å². The Bertz CT molecular complexity index is 537. The lowest BCUT2D eigenvalue weighted by molar-refractivity contribution is 0.447. The van der Waals surface area contributed by atoms with Crippen LogP contribution in [0.5, 0.6) is 0 Å². The third kappa shape index (κ3) is 2.67. The van der Waals surface area contributed by atoms with E-state index in [0.717, 1.165) is 11.7 Å². The number of nitrogens with one attached hydrogen (secondary N) is 1. The molecule has 19 heavy (non-hydrogen) atoms. The molecule has 1 saturated carbocycles. The first kappa shape index (κ1) is 12.3. The molecule has 0 radical (unpaired) electrons. The van der Waals surface area contributed by atoms with E-state index < -0.39 is 0 Å². The molecule has 0 bridgehead atoms. The van der Waals surface area contributed by atoms with Crippen molar-refractivity contribution in [2.75, 3.05) is 5.32 Å². The topological polar surface area (TPSA) is 68.0 Å². The minimum atomic E-state index is 0.549. The average Bonchev–Trinajstić information content (AvgIpc) is 3.05. The summed E-state index contributed by atoms with van der Waals surface area (Å²) >= 11 is 0. The molecule has 0 saturated heterocycles. The fourth-order valence-electron chi connectivity index (χ4n) is 2.96. The second-order valence-electron chi connectivity index (χ2n) is 5.33. The summed E-state index contributed by atoms with van der Waals surface area (Å²) in [5.41, 5.74) is 0.680. The van der Waals surface area contributed by atoms with E-state index in [1.165, 1.54) is 43.2 Å². The molecule has 2 heterocycles. The van der Waals surface area contributed by atoms with E-state index in [9.17, 15) is 0 Å². The average molecular weight is 260 g/mol. The molecule has 0 unspecified atom stereocenters. The maximum Gasteiger partial charge on any atom is 0.200 e. The fourth-order valence-corrected chi connectivity index (χ4v) is 2.96.